The summed E-state index contributed by atoms with van der Waals surface area (Å²) in [5.41, 5.74) is -0.469. The second-order valence-corrected chi connectivity index (χ2v) is 9.90. The average molecular weight is 429 g/mol. The van der Waals surface area contributed by atoms with Gasteiger partial charge in [-0.2, -0.15) is 0 Å². The summed E-state index contributed by atoms with van der Waals surface area (Å²) in [5.74, 6) is 0.0834. The number of ether oxygens (including phenoxy) is 2. The molecule has 1 aliphatic heterocycles. The van der Waals surface area contributed by atoms with Gasteiger partial charge in [-0.3, -0.25) is 0 Å². The van der Waals surface area contributed by atoms with Crippen LogP contribution >= 0.6 is 12.4 Å². The number of sulfonamides is 1. The summed E-state index contributed by atoms with van der Waals surface area (Å²) in [7, 11) is -4.61. The minimum absolute atomic E-state index is 0. The van der Waals surface area contributed by atoms with E-state index in [-0.39, 0.29) is 34.5 Å². The molecule has 2 rings (SSSR count). The summed E-state index contributed by atoms with van der Waals surface area (Å²) in [6, 6.07) is 3.77. The van der Waals surface area contributed by atoms with Gasteiger partial charge in [0.2, 0.25) is 10.0 Å². The standard InChI is InChI=1S/C15H24N2O6S2.ClH/c1-22-11-15(7-4-8-16-15)10-17-25(20,21)14-9-12(24(3,18)19)5-6-13(14)23-2;/h5-6,9,16-17H,4,7-8,10-11H2,1-3H3;1H. The van der Waals surface area contributed by atoms with Gasteiger partial charge < -0.3 is 14.8 Å². The predicted molar refractivity (Wildman–Crippen MR) is 100 cm³/mol. The molecule has 1 heterocycles. The number of benzene rings is 1. The minimum Gasteiger partial charge on any atom is -0.495 e. The summed E-state index contributed by atoms with van der Waals surface area (Å²) >= 11 is 0. The molecule has 26 heavy (non-hydrogen) atoms. The summed E-state index contributed by atoms with van der Waals surface area (Å²) in [6.07, 6.45) is 2.73. The van der Waals surface area contributed by atoms with E-state index in [4.69, 9.17) is 9.47 Å². The molecule has 0 aliphatic carbocycles. The normalized spacial score (nSPS) is 20.6. The van der Waals surface area contributed by atoms with E-state index in [0.717, 1.165) is 31.7 Å². The zero-order valence-electron chi connectivity index (χ0n) is 14.9. The third-order valence-electron chi connectivity index (χ3n) is 4.21. The number of methoxy groups -OCH3 is 2. The maximum Gasteiger partial charge on any atom is 0.244 e. The molecule has 1 aliphatic rings. The molecule has 1 unspecified atom stereocenters. The van der Waals surface area contributed by atoms with Crippen LogP contribution in [0.3, 0.4) is 0 Å². The summed E-state index contributed by atoms with van der Waals surface area (Å²) in [6.45, 7) is 1.30. The van der Waals surface area contributed by atoms with Gasteiger partial charge in [-0.05, 0) is 37.6 Å². The Labute approximate surface area is 161 Å². The molecular formula is C15H25ClN2O6S2. The monoisotopic (exact) mass is 428 g/mol. The van der Waals surface area contributed by atoms with Crippen molar-refractivity contribution >= 4 is 32.3 Å². The van der Waals surface area contributed by atoms with E-state index in [1.807, 2.05) is 0 Å². The van der Waals surface area contributed by atoms with Crippen LogP contribution in [-0.2, 0) is 24.6 Å². The molecule has 0 saturated carbocycles. The van der Waals surface area contributed by atoms with Crippen LogP contribution in [0.1, 0.15) is 12.8 Å². The van der Waals surface area contributed by atoms with Crippen LogP contribution in [0, 0.1) is 0 Å². The first-order valence-corrected chi connectivity index (χ1v) is 11.1. The quantitative estimate of drug-likeness (QED) is 0.622. The van der Waals surface area contributed by atoms with E-state index >= 15 is 0 Å². The largest absolute Gasteiger partial charge is 0.495 e. The minimum atomic E-state index is -3.96. The van der Waals surface area contributed by atoms with Crippen molar-refractivity contribution in [3.8, 4) is 5.75 Å². The summed E-state index contributed by atoms with van der Waals surface area (Å²) in [4.78, 5) is -0.289. The fraction of sp³-hybridized carbons (Fsp3) is 0.600. The van der Waals surface area contributed by atoms with Gasteiger partial charge in [0.1, 0.15) is 10.6 Å². The number of sulfone groups is 1. The van der Waals surface area contributed by atoms with Crippen LogP contribution in [0.4, 0.5) is 0 Å². The van der Waals surface area contributed by atoms with E-state index < -0.39 is 25.4 Å². The van der Waals surface area contributed by atoms with Crippen LogP contribution < -0.4 is 14.8 Å². The highest BCUT2D eigenvalue weighted by Crippen LogP contribution is 2.27. The van der Waals surface area contributed by atoms with Crippen molar-refractivity contribution in [1.82, 2.24) is 10.0 Å². The Bertz CT molecular complexity index is 821. The topological polar surface area (TPSA) is 111 Å². The Kier molecular flexibility index (Phi) is 7.88. The van der Waals surface area contributed by atoms with Crippen molar-refractivity contribution in [1.29, 1.82) is 0 Å². The molecule has 8 nitrogen and oxygen atoms in total. The Morgan fingerprint density at radius 3 is 2.42 bits per heavy atom. The van der Waals surface area contributed by atoms with E-state index in [2.05, 4.69) is 10.0 Å². The van der Waals surface area contributed by atoms with E-state index in [0.29, 0.717) is 6.61 Å². The van der Waals surface area contributed by atoms with Gasteiger partial charge in [-0.25, -0.2) is 21.6 Å². The molecule has 1 aromatic carbocycles. The van der Waals surface area contributed by atoms with Crippen molar-refractivity contribution in [2.24, 2.45) is 0 Å². The molecule has 1 saturated heterocycles. The first kappa shape index (κ1) is 23.1. The first-order chi connectivity index (χ1) is 11.6. The van der Waals surface area contributed by atoms with Gasteiger partial charge >= 0.3 is 0 Å². The van der Waals surface area contributed by atoms with Gasteiger partial charge in [0.25, 0.3) is 0 Å². The third kappa shape index (κ3) is 5.30. The highest BCUT2D eigenvalue weighted by molar-refractivity contribution is 7.91. The van der Waals surface area contributed by atoms with Crippen molar-refractivity contribution in [3.63, 3.8) is 0 Å². The Balaban J connectivity index is 0.00000338. The molecule has 0 bridgehead atoms. The molecule has 1 fully saturated rings. The smallest absolute Gasteiger partial charge is 0.244 e. The van der Waals surface area contributed by atoms with Gasteiger partial charge in [0, 0.05) is 19.9 Å². The zero-order valence-corrected chi connectivity index (χ0v) is 17.4. The lowest BCUT2D eigenvalue weighted by Gasteiger charge is -2.29. The number of rotatable bonds is 8. The Morgan fingerprint density at radius 1 is 1.23 bits per heavy atom. The zero-order chi connectivity index (χ0) is 18.7. The van der Waals surface area contributed by atoms with Crippen molar-refractivity contribution in [3.05, 3.63) is 18.2 Å². The molecule has 0 amide bonds. The number of nitrogens with one attached hydrogen (secondary N) is 2. The van der Waals surface area contributed by atoms with Crippen LogP contribution in [0.5, 0.6) is 5.75 Å². The molecule has 1 aromatic rings. The van der Waals surface area contributed by atoms with Crippen LogP contribution in [-0.4, -0.2) is 62.5 Å². The SMILES string of the molecule is COCC1(CNS(=O)(=O)c2cc(S(C)(=O)=O)ccc2OC)CCCN1.Cl. The van der Waals surface area contributed by atoms with Crippen LogP contribution in [0.2, 0.25) is 0 Å². The molecule has 11 heteroatoms. The van der Waals surface area contributed by atoms with E-state index in [1.54, 1.807) is 7.11 Å². The molecular weight excluding hydrogens is 404 g/mol. The van der Waals surface area contributed by atoms with Crippen molar-refractivity contribution < 1.29 is 26.3 Å². The van der Waals surface area contributed by atoms with Gasteiger partial charge in [-0.15, -0.1) is 12.4 Å². The molecule has 0 spiro atoms. The van der Waals surface area contributed by atoms with Gasteiger partial charge in [0.05, 0.1) is 24.2 Å². The number of halogens is 1. The summed E-state index contributed by atoms with van der Waals surface area (Å²) in [5, 5.41) is 3.28. The van der Waals surface area contributed by atoms with Crippen molar-refractivity contribution in [2.45, 2.75) is 28.2 Å². The highest BCUT2D eigenvalue weighted by atomic mass is 35.5. The lowest BCUT2D eigenvalue weighted by Crippen LogP contribution is -2.52. The molecule has 1 atom stereocenters. The first-order valence-electron chi connectivity index (χ1n) is 7.75. The molecule has 0 radical (unpaired) electrons. The van der Waals surface area contributed by atoms with Gasteiger partial charge in [0.15, 0.2) is 9.84 Å². The number of hydrogen-bond donors (Lipinski definition) is 2. The molecule has 150 valence electrons. The summed E-state index contributed by atoms with van der Waals surface area (Å²) < 4.78 is 61.8. The Morgan fingerprint density at radius 2 is 1.92 bits per heavy atom. The predicted octanol–water partition coefficient (Wildman–Crippen LogP) is 0.567. The second-order valence-electron chi connectivity index (χ2n) is 6.15. The highest BCUT2D eigenvalue weighted by Gasteiger charge is 2.35. The fourth-order valence-electron chi connectivity index (χ4n) is 2.88. The maximum atomic E-state index is 12.7. The Hall–Kier alpha value is -0.910. The fourth-order valence-corrected chi connectivity index (χ4v) is 4.92. The molecule has 0 aromatic heterocycles. The van der Waals surface area contributed by atoms with E-state index in [9.17, 15) is 16.8 Å². The third-order valence-corrected chi connectivity index (χ3v) is 6.74. The maximum absolute atomic E-state index is 12.7. The van der Waals surface area contributed by atoms with E-state index in [1.165, 1.54) is 19.2 Å². The van der Waals surface area contributed by atoms with Gasteiger partial charge in [-0.1, -0.05) is 0 Å². The average Bonchev–Trinajstić information content (AvgIpc) is 3.01. The number of hydrogen-bond acceptors (Lipinski definition) is 7. The van der Waals surface area contributed by atoms with Crippen LogP contribution in [0.25, 0.3) is 0 Å². The molecule has 2 N–H and O–H groups in total. The van der Waals surface area contributed by atoms with Crippen molar-refractivity contribution in [2.75, 3.05) is 40.2 Å². The second kappa shape index (κ2) is 8.85. The van der Waals surface area contributed by atoms with Crippen LogP contribution in [0.15, 0.2) is 28.0 Å². The lowest BCUT2D eigenvalue weighted by atomic mass is 9.99. The lowest BCUT2D eigenvalue weighted by molar-refractivity contribution is 0.122.